The van der Waals surface area contributed by atoms with Crippen LogP contribution in [0.5, 0.6) is 0 Å². The van der Waals surface area contributed by atoms with Crippen molar-refractivity contribution in [2.24, 2.45) is 0 Å². The van der Waals surface area contributed by atoms with Gasteiger partial charge in [-0.1, -0.05) is 0 Å². The number of carbonyl (C=O) groups is 1. The van der Waals surface area contributed by atoms with Crippen molar-refractivity contribution in [1.29, 1.82) is 0 Å². The largest absolute Gasteiger partial charge is 0.366 e. The Kier molecular flexibility index (Phi) is 7.86. The Labute approximate surface area is 119 Å². The van der Waals surface area contributed by atoms with E-state index in [4.69, 9.17) is 4.74 Å². The van der Waals surface area contributed by atoms with Gasteiger partial charge in [-0.15, -0.1) is 24.8 Å². The van der Waals surface area contributed by atoms with E-state index in [9.17, 15) is 4.79 Å². The number of nitrogens with one attached hydrogen (secondary N) is 2. The highest BCUT2D eigenvalue weighted by Crippen LogP contribution is 2.12. The number of ether oxygens (including phenoxy) is 1. The topological polar surface area (TPSA) is 63.2 Å². The third kappa shape index (κ3) is 4.42. The Morgan fingerprint density at radius 1 is 1.56 bits per heavy atom. The maximum absolute atomic E-state index is 11.8. The van der Waals surface area contributed by atoms with Crippen LogP contribution < -0.4 is 10.6 Å². The Balaban J connectivity index is 0.00000144. The summed E-state index contributed by atoms with van der Waals surface area (Å²) in [6, 6.07) is 1.86. The summed E-state index contributed by atoms with van der Waals surface area (Å²) in [5.41, 5.74) is 1.73. The molecule has 1 aromatic rings. The number of rotatable bonds is 2. The molecule has 0 aliphatic carbocycles. The zero-order chi connectivity index (χ0) is 11.4. The first-order valence-electron chi connectivity index (χ1n) is 5.31. The second-order valence-electron chi connectivity index (χ2n) is 3.74. The van der Waals surface area contributed by atoms with Crippen molar-refractivity contribution in [3.8, 4) is 0 Å². The maximum Gasteiger partial charge on any atom is 0.254 e. The van der Waals surface area contributed by atoms with Crippen molar-refractivity contribution >= 4 is 36.4 Å². The summed E-state index contributed by atoms with van der Waals surface area (Å²) < 4.78 is 5.36. The van der Waals surface area contributed by atoms with E-state index in [1.807, 2.05) is 13.0 Å². The molecule has 0 spiro atoms. The van der Waals surface area contributed by atoms with Gasteiger partial charge in [0.15, 0.2) is 0 Å². The molecule has 1 amide bonds. The fraction of sp³-hybridized carbons (Fsp3) is 0.455. The predicted molar refractivity (Wildman–Crippen MR) is 74.7 cm³/mol. The first-order valence-corrected chi connectivity index (χ1v) is 5.31. The molecule has 1 atom stereocenters. The normalized spacial score (nSPS) is 18.2. The van der Waals surface area contributed by atoms with Crippen LogP contribution in [0.1, 0.15) is 5.56 Å². The minimum Gasteiger partial charge on any atom is -0.366 e. The van der Waals surface area contributed by atoms with Crippen LogP contribution in [0.15, 0.2) is 18.5 Å². The molecule has 102 valence electrons. The predicted octanol–water partition coefficient (Wildman–Crippen LogP) is 1.16. The number of hydrogen-bond donors (Lipinski definition) is 2. The number of aryl methyl sites for hydroxylation is 1. The van der Waals surface area contributed by atoms with Crippen molar-refractivity contribution in [2.75, 3.05) is 25.0 Å². The molecule has 0 bridgehead atoms. The summed E-state index contributed by atoms with van der Waals surface area (Å²) in [5.74, 6) is -0.122. The average molecular weight is 294 g/mol. The van der Waals surface area contributed by atoms with E-state index in [1.165, 1.54) is 0 Å². The molecule has 1 fully saturated rings. The lowest BCUT2D eigenvalue weighted by atomic mass is 10.2. The first kappa shape index (κ1) is 17.1. The SMILES string of the molecule is Cc1ccncc1NC(=O)C1CNCCO1.Cl.Cl. The Hall–Kier alpha value is -0.880. The number of anilines is 1. The summed E-state index contributed by atoms with van der Waals surface area (Å²) in [6.45, 7) is 3.86. The van der Waals surface area contributed by atoms with E-state index in [0.717, 1.165) is 17.8 Å². The van der Waals surface area contributed by atoms with Gasteiger partial charge in [-0.25, -0.2) is 0 Å². The Morgan fingerprint density at radius 3 is 2.94 bits per heavy atom. The highest BCUT2D eigenvalue weighted by atomic mass is 35.5. The molecule has 1 unspecified atom stereocenters. The molecule has 1 aliphatic heterocycles. The average Bonchev–Trinajstić information content (AvgIpc) is 2.33. The fourth-order valence-corrected chi connectivity index (χ4v) is 1.54. The van der Waals surface area contributed by atoms with Crippen LogP contribution in [0.3, 0.4) is 0 Å². The van der Waals surface area contributed by atoms with E-state index in [-0.39, 0.29) is 30.7 Å². The van der Waals surface area contributed by atoms with Gasteiger partial charge in [-0.3, -0.25) is 9.78 Å². The maximum atomic E-state index is 11.8. The molecule has 0 radical (unpaired) electrons. The van der Waals surface area contributed by atoms with Crippen LogP contribution in [0.4, 0.5) is 5.69 Å². The first-order chi connectivity index (χ1) is 7.77. The lowest BCUT2D eigenvalue weighted by Gasteiger charge is -2.22. The van der Waals surface area contributed by atoms with Gasteiger partial charge in [0, 0.05) is 19.3 Å². The number of aromatic nitrogens is 1. The fourth-order valence-electron chi connectivity index (χ4n) is 1.54. The molecule has 18 heavy (non-hydrogen) atoms. The molecule has 5 nitrogen and oxygen atoms in total. The van der Waals surface area contributed by atoms with Gasteiger partial charge in [-0.05, 0) is 18.6 Å². The van der Waals surface area contributed by atoms with E-state index < -0.39 is 6.10 Å². The van der Waals surface area contributed by atoms with E-state index in [1.54, 1.807) is 12.4 Å². The molecule has 1 aromatic heterocycles. The van der Waals surface area contributed by atoms with Crippen molar-refractivity contribution in [2.45, 2.75) is 13.0 Å². The molecule has 1 saturated heterocycles. The van der Waals surface area contributed by atoms with Crippen molar-refractivity contribution in [1.82, 2.24) is 10.3 Å². The van der Waals surface area contributed by atoms with Gasteiger partial charge in [-0.2, -0.15) is 0 Å². The molecule has 7 heteroatoms. The second kappa shape index (κ2) is 8.26. The summed E-state index contributed by atoms with van der Waals surface area (Å²) in [7, 11) is 0. The molecule has 2 rings (SSSR count). The minimum atomic E-state index is -0.409. The molecule has 2 heterocycles. The summed E-state index contributed by atoms with van der Waals surface area (Å²) in [6.07, 6.45) is 2.93. The van der Waals surface area contributed by atoms with Gasteiger partial charge >= 0.3 is 0 Å². The number of amides is 1. The lowest BCUT2D eigenvalue weighted by molar-refractivity contribution is -0.128. The minimum absolute atomic E-state index is 0. The summed E-state index contributed by atoms with van der Waals surface area (Å²) in [5, 5.41) is 5.93. The Bertz CT molecular complexity index is 384. The number of hydrogen-bond acceptors (Lipinski definition) is 4. The number of pyridine rings is 1. The molecule has 2 N–H and O–H groups in total. The molecule has 1 aliphatic rings. The van der Waals surface area contributed by atoms with E-state index in [2.05, 4.69) is 15.6 Å². The van der Waals surface area contributed by atoms with Gasteiger partial charge in [0.25, 0.3) is 5.91 Å². The van der Waals surface area contributed by atoms with Gasteiger partial charge in [0.05, 0.1) is 18.5 Å². The zero-order valence-corrected chi connectivity index (χ0v) is 11.6. The lowest BCUT2D eigenvalue weighted by Crippen LogP contribution is -2.45. The third-order valence-corrected chi connectivity index (χ3v) is 2.52. The monoisotopic (exact) mass is 293 g/mol. The molecular weight excluding hydrogens is 277 g/mol. The number of morpholine rings is 1. The van der Waals surface area contributed by atoms with Crippen LogP contribution in [0, 0.1) is 6.92 Å². The van der Waals surface area contributed by atoms with E-state index >= 15 is 0 Å². The van der Waals surface area contributed by atoms with Crippen molar-refractivity contribution in [3.05, 3.63) is 24.0 Å². The molecular formula is C11H17Cl2N3O2. The van der Waals surface area contributed by atoms with Crippen LogP contribution in [0.2, 0.25) is 0 Å². The van der Waals surface area contributed by atoms with Crippen molar-refractivity contribution < 1.29 is 9.53 Å². The number of nitrogens with zero attached hydrogens (tertiary/aromatic N) is 1. The van der Waals surface area contributed by atoms with Gasteiger partial charge in [0.2, 0.25) is 0 Å². The summed E-state index contributed by atoms with van der Waals surface area (Å²) >= 11 is 0. The summed E-state index contributed by atoms with van der Waals surface area (Å²) in [4.78, 5) is 15.8. The van der Waals surface area contributed by atoms with E-state index in [0.29, 0.717) is 13.2 Å². The highest BCUT2D eigenvalue weighted by molar-refractivity contribution is 5.94. The van der Waals surface area contributed by atoms with Gasteiger partial charge in [0.1, 0.15) is 6.10 Å². The smallest absolute Gasteiger partial charge is 0.254 e. The van der Waals surface area contributed by atoms with Crippen LogP contribution in [0.25, 0.3) is 0 Å². The van der Waals surface area contributed by atoms with Crippen LogP contribution in [-0.4, -0.2) is 36.7 Å². The number of halogens is 2. The Morgan fingerprint density at radius 2 is 2.33 bits per heavy atom. The second-order valence-corrected chi connectivity index (χ2v) is 3.74. The third-order valence-electron chi connectivity index (χ3n) is 2.52. The van der Waals surface area contributed by atoms with Crippen molar-refractivity contribution in [3.63, 3.8) is 0 Å². The zero-order valence-electron chi connectivity index (χ0n) is 10.0. The quantitative estimate of drug-likeness (QED) is 0.859. The highest BCUT2D eigenvalue weighted by Gasteiger charge is 2.21. The molecule has 0 aromatic carbocycles. The van der Waals surface area contributed by atoms with Gasteiger partial charge < -0.3 is 15.4 Å². The standard InChI is InChI=1S/C11H15N3O2.2ClH/c1-8-2-3-12-6-9(8)14-11(15)10-7-13-4-5-16-10;;/h2-3,6,10,13H,4-5,7H2,1H3,(H,14,15);2*1H. The molecule has 0 saturated carbocycles. The van der Waals surface area contributed by atoms with Crippen LogP contribution in [-0.2, 0) is 9.53 Å². The number of carbonyl (C=O) groups excluding carboxylic acids is 1. The van der Waals surface area contributed by atoms with Crippen LogP contribution >= 0.6 is 24.8 Å².